The van der Waals surface area contributed by atoms with Gasteiger partial charge in [0.2, 0.25) is 288 Å². The van der Waals surface area contributed by atoms with Crippen LogP contribution in [0.2, 0.25) is 0 Å². The third-order valence-electron chi connectivity index (χ3n) is 0. The summed E-state index contributed by atoms with van der Waals surface area (Å²) in [7, 11) is 0. The van der Waals surface area contributed by atoms with Gasteiger partial charge >= 0.3 is 185 Å². The van der Waals surface area contributed by atoms with E-state index in [0.717, 1.165) is 0 Å². The molecule has 0 N–H and O–H groups in total. The molecule has 0 spiro atoms. The molecule has 0 amide bonds. The molecule has 294 valence electrons. The van der Waals surface area contributed by atoms with Crippen molar-refractivity contribution in [2.45, 2.75) is 0 Å². The van der Waals surface area contributed by atoms with Crippen molar-refractivity contribution in [3.05, 3.63) is 0 Å². The molecular weight excluding hydrogens is 2660 g/mol. The first-order chi connectivity index (χ1) is 10.4. The second kappa shape index (κ2) is 160. The van der Waals surface area contributed by atoms with Crippen molar-refractivity contribution in [3.63, 3.8) is 0 Å². The molecule has 0 aromatic heterocycles. The molecule has 0 unspecified atom stereocenters. The molecule has 18 nitrogen and oxygen atoms in total. The van der Waals surface area contributed by atoms with Crippen LogP contribution < -0.4 is 328 Å². The zero-order chi connectivity index (χ0) is 21.5. The first-order valence-corrected chi connectivity index (χ1v) is 22.0. The van der Waals surface area contributed by atoms with E-state index in [-0.39, 0.29) is 316 Å². The standard InChI is InChI=1S/6FH.12H2I.18O.6Sb/h6*1H;12*1H2;;;;;;;;;;;;;;;;;;;;;;;;/q;;;;;;12*+1;;;;;;;12*-1;;;;;;. The molecule has 0 saturated carbocycles. The van der Waals surface area contributed by atoms with Gasteiger partial charge in [-0.1, -0.05) is 0 Å². The van der Waals surface area contributed by atoms with Gasteiger partial charge in [-0.3, -0.25) is 28.2 Å². The average Bonchev–Trinajstić information content (AvgIpc) is 2.08. The molecule has 0 aromatic rings. The van der Waals surface area contributed by atoms with Gasteiger partial charge in [-0.05, 0) is 0 Å². The van der Waals surface area contributed by atoms with E-state index in [2.05, 4.69) is 0 Å². The van der Waals surface area contributed by atoms with Crippen LogP contribution in [0.15, 0.2) is 0 Å². The predicted octanol–water partition coefficient (Wildman–Crippen LogP) is -58.7. The normalized spacial score (nSPS) is 3.71. The summed E-state index contributed by atoms with van der Waals surface area (Å²) in [5.74, 6) is 0. The Morgan fingerprint density at radius 1 is 0.190 bits per heavy atom. The Morgan fingerprint density at radius 3 is 0.190 bits per heavy atom. The van der Waals surface area contributed by atoms with E-state index in [1.807, 2.05) is 0 Å². The number of hydrogen-bond donors (Lipinski definition) is 0. The number of halogens is 18. The number of rotatable bonds is 0. The Hall–Kier alpha value is 11.6. The van der Waals surface area contributed by atoms with Gasteiger partial charge < -0.3 is 0 Å². The van der Waals surface area contributed by atoms with Crippen LogP contribution in [0.1, 0.15) is 0 Å². The van der Waals surface area contributed by atoms with Crippen molar-refractivity contribution in [2.24, 2.45) is 0 Å². The van der Waals surface area contributed by atoms with Crippen LogP contribution in [0.25, 0.3) is 0 Å². The molecule has 0 fully saturated rings. The summed E-state index contributed by atoms with van der Waals surface area (Å²) in [6.45, 7) is 0. The molecule has 0 heterocycles. The molecule has 0 bridgehead atoms. The fourth-order valence-electron chi connectivity index (χ4n) is 0. The molecule has 0 saturated heterocycles. The Balaban J connectivity index is -0.00000000388. The van der Waals surface area contributed by atoms with E-state index in [4.69, 9.17) is 58.7 Å². The third-order valence-corrected chi connectivity index (χ3v) is 0. The molecule has 42 heavy (non-hydrogen) atoms. The van der Waals surface area contributed by atoms with E-state index < -0.39 is 126 Å². The van der Waals surface area contributed by atoms with Gasteiger partial charge in [0.25, 0.3) is 0 Å². The van der Waals surface area contributed by atoms with Crippen LogP contribution in [0, 0.1) is 0 Å². The first kappa shape index (κ1) is 169. The van der Waals surface area contributed by atoms with Crippen molar-refractivity contribution in [3.8, 4) is 0 Å². The summed E-state index contributed by atoms with van der Waals surface area (Å²) in [6.07, 6.45) is 0. The quantitative estimate of drug-likeness (QED) is 0.123. The minimum atomic E-state index is -4.20. The van der Waals surface area contributed by atoms with Crippen molar-refractivity contribution >= 4 is 126 Å². The first-order valence-electron chi connectivity index (χ1n) is 3.29. The zero-order valence-corrected chi connectivity index (χ0v) is 63.8. The molecule has 0 aliphatic heterocycles. The van der Waals surface area contributed by atoms with Gasteiger partial charge in [-0.25, -0.2) is 0 Å². The maximum atomic E-state index is 8.60. The van der Waals surface area contributed by atoms with E-state index in [9.17, 15) is 0 Å². The fourth-order valence-corrected chi connectivity index (χ4v) is 0. The summed E-state index contributed by atoms with van der Waals surface area (Å²) in [4.78, 5) is 0. The van der Waals surface area contributed by atoms with Gasteiger partial charge in [-0.15, -0.1) is 0 Å². The van der Waals surface area contributed by atoms with Gasteiger partial charge in [0.1, 0.15) is 0 Å². The molecule has 0 aromatic carbocycles. The van der Waals surface area contributed by atoms with Crippen LogP contribution >= 0.6 is 0 Å². The molecule has 0 aliphatic rings. The zero-order valence-electron chi connectivity index (χ0n) is 17.8. The molecular formula is H30F6I12O18Sb6. The Kier molecular flexibility index (Phi) is 645. The molecule has 6 radical (unpaired) electrons. The van der Waals surface area contributed by atoms with Crippen LogP contribution in [0.5, 0.6) is 0 Å². The van der Waals surface area contributed by atoms with E-state index in [1.54, 1.807) is 0 Å². The molecule has 0 aliphatic carbocycles. The SMILES string of the molecule is F.F.F.F.F.F.[IH2+].[IH2+].[IH2+].[IH2+].[IH2+].[IH2+].[IH2+].[IH2+].[IH2+].[IH2+].[IH2+].[IH2+].[O]=[Sb]([O-])[O-].[O]=[Sb]([O-])[O-].[O]=[Sb]([O-])[O-].[O]=[Sb]([O-])[O-].[O]=[Sb]([O-])[O-].[O]=[Sb]([O-])[O-]. The van der Waals surface area contributed by atoms with Gasteiger partial charge in [0.05, 0.1) is 0 Å². The summed E-state index contributed by atoms with van der Waals surface area (Å²) in [5, 5.41) is 0. The van der Waals surface area contributed by atoms with Crippen molar-refractivity contribution < 1.29 is 375 Å². The van der Waals surface area contributed by atoms with E-state index in [0.29, 0.717) is 0 Å². The topological polar surface area (TPSA) is 379 Å². The van der Waals surface area contributed by atoms with Crippen molar-refractivity contribution in [1.29, 1.82) is 0 Å². The Morgan fingerprint density at radius 2 is 0.190 bits per heavy atom. The Labute approximate surface area is 487 Å². The maximum absolute atomic E-state index is 8.60. The summed E-state index contributed by atoms with van der Waals surface area (Å²) < 4.78 is 155. The number of hydrogen-bond acceptors (Lipinski definition) is 18. The van der Waals surface area contributed by atoms with Gasteiger partial charge in [0, 0.05) is 0 Å². The van der Waals surface area contributed by atoms with E-state index in [1.165, 1.54) is 0 Å². The minimum absolute atomic E-state index is 0. The van der Waals surface area contributed by atoms with Crippen LogP contribution in [-0.2, 0) is 18.1 Å². The summed E-state index contributed by atoms with van der Waals surface area (Å²) in [5.41, 5.74) is 0. The van der Waals surface area contributed by atoms with E-state index >= 15 is 0 Å². The molecule has 0 rings (SSSR count). The average molecular weight is 2690 g/mol. The summed E-state index contributed by atoms with van der Waals surface area (Å²) >= 11 is -25.2. The monoisotopic (exact) mass is 2680 g/mol. The van der Waals surface area contributed by atoms with Gasteiger partial charge in [-0.2, -0.15) is 0 Å². The van der Waals surface area contributed by atoms with Crippen LogP contribution in [-0.4, -0.2) is 126 Å². The summed E-state index contributed by atoms with van der Waals surface area (Å²) in [6, 6.07) is 0. The second-order valence-corrected chi connectivity index (χ2v) is 9.00. The Bertz CT molecular complexity index is 309. The van der Waals surface area contributed by atoms with Crippen molar-refractivity contribution in [2.75, 3.05) is 0 Å². The van der Waals surface area contributed by atoms with Crippen molar-refractivity contribution in [1.82, 2.24) is 0 Å². The second-order valence-electron chi connectivity index (χ2n) is 1.34. The molecule has 0 atom stereocenters. The third kappa shape index (κ3) is 985. The molecule has 42 heteroatoms. The van der Waals surface area contributed by atoms with Gasteiger partial charge in [0.15, 0.2) is 0 Å². The van der Waals surface area contributed by atoms with Crippen LogP contribution in [0.3, 0.4) is 0 Å². The fraction of sp³-hybridized carbons (Fsp3) is 0. The van der Waals surface area contributed by atoms with Crippen LogP contribution in [0.4, 0.5) is 28.2 Å². The predicted molar refractivity (Wildman–Crippen MR) is 87.1 cm³/mol.